The van der Waals surface area contributed by atoms with E-state index < -0.39 is 27.9 Å². The first-order chi connectivity index (χ1) is 11.2. The summed E-state index contributed by atoms with van der Waals surface area (Å²) >= 11 is 0. The van der Waals surface area contributed by atoms with Crippen molar-refractivity contribution in [1.29, 1.82) is 0 Å². The molecular weight excluding hydrogens is 338 g/mol. The number of aromatic nitrogens is 1. The number of hydrogen-bond acceptors (Lipinski definition) is 5. The molecule has 0 aromatic carbocycles. The number of H-pyrrole nitrogens is 1. The zero-order valence-corrected chi connectivity index (χ0v) is 14.6. The lowest BCUT2D eigenvalue weighted by molar-refractivity contribution is -0.140. The van der Waals surface area contributed by atoms with Crippen LogP contribution in [0.1, 0.15) is 30.8 Å². The maximum Gasteiger partial charge on any atom is 0.326 e. The third kappa shape index (κ3) is 5.32. The number of carbonyl (C=O) groups excluding carboxylic acids is 1. The first-order valence-electron chi connectivity index (χ1n) is 7.43. The lowest BCUT2D eigenvalue weighted by atomic mass is 9.99. The van der Waals surface area contributed by atoms with Crippen LogP contribution in [-0.4, -0.2) is 56.7 Å². The Hall–Kier alpha value is -1.91. The van der Waals surface area contributed by atoms with Crippen molar-refractivity contribution in [2.75, 3.05) is 20.3 Å². The van der Waals surface area contributed by atoms with Crippen LogP contribution in [0.3, 0.4) is 0 Å². The zero-order chi connectivity index (χ0) is 18.3. The summed E-state index contributed by atoms with van der Waals surface area (Å²) in [4.78, 5) is 25.8. The third-order valence-corrected chi connectivity index (χ3v) is 5.02. The van der Waals surface area contributed by atoms with E-state index >= 15 is 0 Å². The molecule has 0 saturated carbocycles. The number of ether oxygens (including phenoxy) is 1. The van der Waals surface area contributed by atoms with E-state index in [9.17, 15) is 23.1 Å². The van der Waals surface area contributed by atoms with Crippen LogP contribution in [-0.2, 0) is 19.6 Å². The Bertz CT molecular complexity index is 670. The molecule has 0 aliphatic rings. The maximum atomic E-state index is 12.1. The van der Waals surface area contributed by atoms with Crippen molar-refractivity contribution in [2.45, 2.75) is 31.2 Å². The molecule has 0 aliphatic heterocycles. The molecule has 10 heteroatoms. The van der Waals surface area contributed by atoms with E-state index in [4.69, 9.17) is 4.74 Å². The summed E-state index contributed by atoms with van der Waals surface area (Å²) in [7, 11) is -2.32. The molecule has 4 N–H and O–H groups in total. The Morgan fingerprint density at radius 3 is 2.62 bits per heavy atom. The summed E-state index contributed by atoms with van der Waals surface area (Å²) in [5.41, 5.74) is -0.0309. The molecule has 136 valence electrons. The number of carboxylic acids is 1. The predicted molar refractivity (Wildman–Crippen MR) is 86.2 cm³/mol. The highest BCUT2D eigenvalue weighted by Crippen LogP contribution is 2.12. The minimum absolute atomic E-state index is 0.0309. The molecule has 0 radical (unpaired) electrons. The average molecular weight is 361 g/mol. The van der Waals surface area contributed by atoms with Gasteiger partial charge in [-0.1, -0.05) is 20.3 Å². The largest absolute Gasteiger partial charge is 0.480 e. The SMILES string of the molecule is CC[C@H](C)[C@H](NC(=O)c1cc(S(=O)(=O)NCCOC)c[nH]1)C(=O)O. The normalized spacial score (nSPS) is 14.1. The summed E-state index contributed by atoms with van der Waals surface area (Å²) in [6.45, 7) is 3.84. The first kappa shape index (κ1) is 20.1. The molecule has 1 aromatic rings. The van der Waals surface area contributed by atoms with Crippen LogP contribution in [0.2, 0.25) is 0 Å². The number of sulfonamides is 1. The van der Waals surface area contributed by atoms with Gasteiger partial charge in [0, 0.05) is 19.9 Å². The molecule has 0 unspecified atom stereocenters. The molecule has 1 rings (SSSR count). The molecule has 2 atom stereocenters. The molecule has 1 heterocycles. The molecule has 1 aromatic heterocycles. The van der Waals surface area contributed by atoms with Gasteiger partial charge in [0.25, 0.3) is 5.91 Å². The summed E-state index contributed by atoms with van der Waals surface area (Å²) in [6.07, 6.45) is 1.74. The lowest BCUT2D eigenvalue weighted by Crippen LogP contribution is -2.45. The minimum Gasteiger partial charge on any atom is -0.480 e. The summed E-state index contributed by atoms with van der Waals surface area (Å²) in [5, 5.41) is 11.6. The Morgan fingerprint density at radius 2 is 2.08 bits per heavy atom. The molecule has 0 aliphatic carbocycles. The van der Waals surface area contributed by atoms with Gasteiger partial charge in [-0.3, -0.25) is 4.79 Å². The summed E-state index contributed by atoms with van der Waals surface area (Å²) in [5.74, 6) is -2.08. The van der Waals surface area contributed by atoms with Gasteiger partial charge in [0.05, 0.1) is 6.61 Å². The average Bonchev–Trinajstić information content (AvgIpc) is 3.02. The van der Waals surface area contributed by atoms with Crippen LogP contribution in [0, 0.1) is 5.92 Å². The highest BCUT2D eigenvalue weighted by Gasteiger charge is 2.27. The number of rotatable bonds is 10. The van der Waals surface area contributed by atoms with Crippen LogP contribution in [0.25, 0.3) is 0 Å². The number of carboxylic acid groups (broad SMARTS) is 1. The van der Waals surface area contributed by atoms with Crippen molar-refractivity contribution in [3.63, 3.8) is 0 Å². The Morgan fingerprint density at radius 1 is 1.42 bits per heavy atom. The molecule has 0 spiro atoms. The second-order valence-corrected chi connectivity index (χ2v) is 7.08. The van der Waals surface area contributed by atoms with Crippen molar-refractivity contribution in [1.82, 2.24) is 15.0 Å². The summed E-state index contributed by atoms with van der Waals surface area (Å²) < 4.78 is 31.1. The molecule has 0 fully saturated rings. The van der Waals surface area contributed by atoms with Gasteiger partial charge in [0.15, 0.2) is 0 Å². The van der Waals surface area contributed by atoms with Gasteiger partial charge < -0.3 is 20.1 Å². The van der Waals surface area contributed by atoms with Gasteiger partial charge in [0.2, 0.25) is 10.0 Å². The van der Waals surface area contributed by atoms with E-state index in [0.29, 0.717) is 6.42 Å². The van der Waals surface area contributed by atoms with Crippen LogP contribution >= 0.6 is 0 Å². The van der Waals surface area contributed by atoms with Gasteiger partial charge in [-0.05, 0) is 12.0 Å². The van der Waals surface area contributed by atoms with Gasteiger partial charge in [-0.25, -0.2) is 17.9 Å². The third-order valence-electron chi connectivity index (χ3n) is 3.58. The monoisotopic (exact) mass is 361 g/mol. The molecule has 0 bridgehead atoms. The molecule has 0 saturated heterocycles. The fourth-order valence-corrected chi connectivity index (χ4v) is 2.93. The van der Waals surface area contributed by atoms with Crippen molar-refractivity contribution in [3.05, 3.63) is 18.0 Å². The topological polar surface area (TPSA) is 138 Å². The van der Waals surface area contributed by atoms with Crippen LogP contribution in [0.15, 0.2) is 17.2 Å². The van der Waals surface area contributed by atoms with Crippen molar-refractivity contribution < 1.29 is 27.9 Å². The number of amides is 1. The van der Waals surface area contributed by atoms with Gasteiger partial charge in [0.1, 0.15) is 16.6 Å². The van der Waals surface area contributed by atoms with E-state index in [1.807, 2.05) is 6.92 Å². The number of aliphatic carboxylic acids is 1. The van der Waals surface area contributed by atoms with E-state index in [1.54, 1.807) is 6.92 Å². The second-order valence-electron chi connectivity index (χ2n) is 5.31. The highest BCUT2D eigenvalue weighted by atomic mass is 32.2. The van der Waals surface area contributed by atoms with Crippen LogP contribution in [0.5, 0.6) is 0 Å². The fourth-order valence-electron chi connectivity index (χ4n) is 1.92. The van der Waals surface area contributed by atoms with Crippen molar-refractivity contribution in [2.24, 2.45) is 5.92 Å². The Balaban J connectivity index is 2.84. The molecular formula is C14H23N3O6S. The van der Waals surface area contributed by atoms with Crippen LogP contribution < -0.4 is 10.0 Å². The molecule has 24 heavy (non-hydrogen) atoms. The Kier molecular flexibility index (Phi) is 7.39. The smallest absolute Gasteiger partial charge is 0.326 e. The number of methoxy groups -OCH3 is 1. The van der Waals surface area contributed by atoms with Gasteiger partial charge >= 0.3 is 5.97 Å². The molecule has 9 nitrogen and oxygen atoms in total. The van der Waals surface area contributed by atoms with Crippen LogP contribution in [0.4, 0.5) is 0 Å². The number of nitrogens with one attached hydrogen (secondary N) is 3. The van der Waals surface area contributed by atoms with Crippen molar-refractivity contribution >= 4 is 21.9 Å². The van der Waals surface area contributed by atoms with E-state index in [0.717, 1.165) is 6.07 Å². The quantitative estimate of drug-likeness (QED) is 0.438. The maximum absolute atomic E-state index is 12.1. The van der Waals surface area contributed by atoms with E-state index in [1.165, 1.54) is 13.3 Å². The number of aromatic amines is 1. The summed E-state index contributed by atoms with van der Waals surface area (Å²) in [6, 6.07) is 0.102. The van der Waals surface area contributed by atoms with Gasteiger partial charge in [-0.2, -0.15) is 0 Å². The highest BCUT2D eigenvalue weighted by molar-refractivity contribution is 7.89. The fraction of sp³-hybridized carbons (Fsp3) is 0.571. The van der Waals surface area contributed by atoms with Gasteiger partial charge in [-0.15, -0.1) is 0 Å². The second kappa shape index (κ2) is 8.81. The standard InChI is InChI=1S/C14H23N3O6S/c1-4-9(2)12(14(19)20)17-13(18)11-7-10(8-15-11)24(21,22)16-5-6-23-3/h7-9,12,15-16H,4-6H2,1-3H3,(H,17,18)(H,19,20)/t9-,12-/m0/s1. The Labute approximate surface area is 140 Å². The van der Waals surface area contributed by atoms with Crippen molar-refractivity contribution in [3.8, 4) is 0 Å². The van der Waals surface area contributed by atoms with E-state index in [-0.39, 0.29) is 29.7 Å². The zero-order valence-electron chi connectivity index (χ0n) is 13.8. The lowest BCUT2D eigenvalue weighted by Gasteiger charge is -2.19. The predicted octanol–water partition coefficient (Wildman–Crippen LogP) is 0.169. The first-order valence-corrected chi connectivity index (χ1v) is 8.92. The number of hydrogen-bond donors (Lipinski definition) is 4. The molecule has 1 amide bonds. The van der Waals surface area contributed by atoms with E-state index in [2.05, 4.69) is 15.0 Å². The number of carbonyl (C=O) groups is 2. The minimum atomic E-state index is -3.77.